The maximum absolute atomic E-state index is 13.7. The van der Waals surface area contributed by atoms with Crippen LogP contribution in [-0.2, 0) is 6.54 Å². The smallest absolute Gasteiger partial charge is 0.174 e. The molecule has 4 nitrogen and oxygen atoms in total. The van der Waals surface area contributed by atoms with E-state index in [0.717, 1.165) is 17.9 Å². The third kappa shape index (κ3) is 4.02. The monoisotopic (exact) mass is 456 g/mol. The van der Waals surface area contributed by atoms with Crippen molar-refractivity contribution in [2.75, 3.05) is 4.90 Å². The number of thiocarbonyl (C=S) groups is 1. The zero-order chi connectivity index (χ0) is 22.9. The maximum Gasteiger partial charge on any atom is 0.174 e. The number of anilines is 1. The number of nitrogens with zero attached hydrogens (tertiary/aromatic N) is 3. The van der Waals surface area contributed by atoms with Gasteiger partial charge in [-0.2, -0.15) is 0 Å². The van der Waals surface area contributed by atoms with Gasteiger partial charge in [-0.1, -0.05) is 36.4 Å². The van der Waals surface area contributed by atoms with Gasteiger partial charge in [0.05, 0.1) is 17.8 Å². The van der Waals surface area contributed by atoms with Crippen molar-refractivity contribution in [3.05, 3.63) is 119 Å². The summed E-state index contributed by atoms with van der Waals surface area (Å²) in [6.45, 7) is 5.09. The van der Waals surface area contributed by atoms with E-state index in [1.54, 1.807) is 18.3 Å². The van der Waals surface area contributed by atoms with Gasteiger partial charge in [-0.05, 0) is 79.7 Å². The molecule has 2 aromatic carbocycles. The van der Waals surface area contributed by atoms with Crippen LogP contribution in [0.1, 0.15) is 40.3 Å². The molecule has 4 aromatic rings. The molecule has 1 N–H and O–H groups in total. The fourth-order valence-electron chi connectivity index (χ4n) is 4.69. The van der Waals surface area contributed by atoms with Crippen LogP contribution in [0.25, 0.3) is 0 Å². The molecule has 0 unspecified atom stereocenters. The molecule has 5 rings (SSSR count). The number of halogens is 1. The van der Waals surface area contributed by atoms with E-state index in [1.807, 2.05) is 24.3 Å². The Morgan fingerprint density at radius 1 is 0.970 bits per heavy atom. The van der Waals surface area contributed by atoms with E-state index >= 15 is 0 Å². The number of hydrogen-bond donors (Lipinski definition) is 1. The van der Waals surface area contributed by atoms with Crippen molar-refractivity contribution in [1.29, 1.82) is 0 Å². The fraction of sp³-hybridized carbons (Fsp3) is 0.185. The van der Waals surface area contributed by atoms with E-state index in [0.29, 0.717) is 5.11 Å². The molecule has 0 radical (unpaired) electrons. The summed E-state index contributed by atoms with van der Waals surface area (Å²) in [5.74, 6) is -0.268. The maximum atomic E-state index is 13.7. The molecule has 1 fully saturated rings. The predicted molar refractivity (Wildman–Crippen MR) is 134 cm³/mol. The lowest BCUT2D eigenvalue weighted by molar-refractivity contribution is 0.563. The molecule has 0 bridgehead atoms. The molecule has 0 aliphatic carbocycles. The van der Waals surface area contributed by atoms with E-state index in [1.165, 1.54) is 34.6 Å². The van der Waals surface area contributed by atoms with Crippen LogP contribution < -0.4 is 10.2 Å². The molecule has 3 heterocycles. The number of nitrogens with one attached hydrogen (secondary N) is 1. The van der Waals surface area contributed by atoms with Gasteiger partial charge < -0.3 is 14.8 Å². The minimum absolute atomic E-state index is 0.117. The molecule has 6 heteroatoms. The number of rotatable bonds is 5. The van der Waals surface area contributed by atoms with Gasteiger partial charge in [-0.15, -0.1) is 0 Å². The molecular weight excluding hydrogens is 431 g/mol. The first-order chi connectivity index (χ1) is 16.0. The molecule has 33 heavy (non-hydrogen) atoms. The Morgan fingerprint density at radius 3 is 2.39 bits per heavy atom. The first-order valence-electron chi connectivity index (χ1n) is 11.0. The van der Waals surface area contributed by atoms with Crippen LogP contribution in [0, 0.1) is 19.7 Å². The van der Waals surface area contributed by atoms with Gasteiger partial charge in [0.1, 0.15) is 5.82 Å². The van der Waals surface area contributed by atoms with E-state index < -0.39 is 0 Å². The Bertz CT molecular complexity index is 1270. The zero-order valence-electron chi connectivity index (χ0n) is 18.6. The second-order valence-corrected chi connectivity index (χ2v) is 8.76. The molecule has 2 atom stereocenters. The average Bonchev–Trinajstić information content (AvgIpc) is 3.32. The third-order valence-corrected chi connectivity index (χ3v) is 6.63. The SMILES string of the molecule is Cc1cc([C@@H]2[C@@H](c3ccccn3)NC(=S)N2c2ccc(F)cc2)c(C)n1Cc1ccccc1. The molecular formula is C27H25FN4S. The second kappa shape index (κ2) is 8.79. The number of aromatic nitrogens is 2. The van der Waals surface area contributed by atoms with Crippen molar-refractivity contribution in [2.45, 2.75) is 32.5 Å². The second-order valence-electron chi connectivity index (χ2n) is 8.37. The van der Waals surface area contributed by atoms with Crippen LogP contribution in [0.2, 0.25) is 0 Å². The normalized spacial score (nSPS) is 17.9. The highest BCUT2D eigenvalue weighted by Gasteiger charge is 2.42. The topological polar surface area (TPSA) is 33.1 Å². The molecule has 0 spiro atoms. The van der Waals surface area contributed by atoms with Crippen molar-refractivity contribution in [1.82, 2.24) is 14.9 Å². The number of aryl methyl sites for hydroxylation is 1. The Labute approximate surface area is 198 Å². The standard InChI is InChI=1S/C27H25FN4S/c1-18-16-23(19(2)31(18)17-20-8-4-3-5-9-20)26-25(24-10-6-7-15-29-24)30-27(33)32(26)22-13-11-21(28)12-14-22/h3-16,25-26H,17H2,1-2H3,(H,30,33)/t25-,26-/m1/s1. The Kier molecular flexibility index (Phi) is 5.68. The Morgan fingerprint density at radius 2 is 1.70 bits per heavy atom. The summed E-state index contributed by atoms with van der Waals surface area (Å²) in [5.41, 5.74) is 6.56. The van der Waals surface area contributed by atoms with Crippen LogP contribution in [0.15, 0.2) is 85.1 Å². The molecule has 1 aliphatic heterocycles. The molecule has 1 aliphatic rings. The van der Waals surface area contributed by atoms with Gasteiger partial charge in [0.2, 0.25) is 0 Å². The van der Waals surface area contributed by atoms with E-state index in [-0.39, 0.29) is 17.9 Å². The van der Waals surface area contributed by atoms with Crippen molar-refractivity contribution in [2.24, 2.45) is 0 Å². The van der Waals surface area contributed by atoms with E-state index in [4.69, 9.17) is 12.2 Å². The summed E-state index contributed by atoms with van der Waals surface area (Å²) in [7, 11) is 0. The fourth-order valence-corrected chi connectivity index (χ4v) is 5.03. The van der Waals surface area contributed by atoms with Crippen molar-refractivity contribution in [3.63, 3.8) is 0 Å². The number of hydrogen-bond acceptors (Lipinski definition) is 2. The molecule has 2 aromatic heterocycles. The Balaban J connectivity index is 1.62. The molecule has 1 saturated heterocycles. The molecule has 0 amide bonds. The lowest BCUT2D eigenvalue weighted by atomic mass is 9.96. The highest BCUT2D eigenvalue weighted by atomic mass is 32.1. The molecule has 0 saturated carbocycles. The van der Waals surface area contributed by atoms with Crippen molar-refractivity contribution in [3.8, 4) is 0 Å². The van der Waals surface area contributed by atoms with Gasteiger partial charge in [-0.3, -0.25) is 4.98 Å². The van der Waals surface area contributed by atoms with Gasteiger partial charge in [0, 0.05) is 29.8 Å². The highest BCUT2D eigenvalue weighted by molar-refractivity contribution is 7.80. The minimum atomic E-state index is -0.268. The summed E-state index contributed by atoms with van der Waals surface area (Å²) in [6.07, 6.45) is 1.80. The van der Waals surface area contributed by atoms with Gasteiger partial charge in [0.25, 0.3) is 0 Å². The zero-order valence-corrected chi connectivity index (χ0v) is 19.4. The largest absolute Gasteiger partial charge is 0.351 e. The van der Waals surface area contributed by atoms with Gasteiger partial charge in [0.15, 0.2) is 5.11 Å². The van der Waals surface area contributed by atoms with Crippen molar-refractivity contribution >= 4 is 23.0 Å². The van der Waals surface area contributed by atoms with Crippen LogP contribution in [0.5, 0.6) is 0 Å². The van der Waals surface area contributed by atoms with Crippen molar-refractivity contribution < 1.29 is 4.39 Å². The average molecular weight is 457 g/mol. The van der Waals surface area contributed by atoms with Crippen LogP contribution in [0.3, 0.4) is 0 Å². The number of benzene rings is 2. The third-order valence-electron chi connectivity index (χ3n) is 6.32. The van der Waals surface area contributed by atoms with Gasteiger partial charge >= 0.3 is 0 Å². The van der Waals surface area contributed by atoms with E-state index in [2.05, 4.69) is 63.9 Å². The van der Waals surface area contributed by atoms with Crippen LogP contribution in [0.4, 0.5) is 10.1 Å². The predicted octanol–water partition coefficient (Wildman–Crippen LogP) is 5.86. The summed E-state index contributed by atoms with van der Waals surface area (Å²) >= 11 is 5.78. The van der Waals surface area contributed by atoms with Gasteiger partial charge in [-0.25, -0.2) is 4.39 Å². The lowest BCUT2D eigenvalue weighted by Crippen LogP contribution is -2.29. The minimum Gasteiger partial charge on any atom is -0.351 e. The summed E-state index contributed by atoms with van der Waals surface area (Å²) in [4.78, 5) is 6.71. The molecule has 166 valence electrons. The number of pyridine rings is 1. The lowest BCUT2D eigenvalue weighted by Gasteiger charge is -2.28. The van der Waals surface area contributed by atoms with Crippen LogP contribution in [-0.4, -0.2) is 14.7 Å². The summed E-state index contributed by atoms with van der Waals surface area (Å²) < 4.78 is 16.0. The van der Waals surface area contributed by atoms with E-state index in [9.17, 15) is 4.39 Å². The Hall–Kier alpha value is -3.51. The summed E-state index contributed by atoms with van der Waals surface area (Å²) in [6, 6.07) is 24.9. The highest BCUT2D eigenvalue weighted by Crippen LogP contribution is 2.43. The first kappa shape index (κ1) is 21.3. The quantitative estimate of drug-likeness (QED) is 0.381. The van der Waals surface area contributed by atoms with Crippen LogP contribution >= 0.6 is 12.2 Å². The first-order valence-corrected chi connectivity index (χ1v) is 11.4. The summed E-state index contributed by atoms with van der Waals surface area (Å²) in [5, 5.41) is 4.09.